The molecule has 2 aliphatic rings. The number of rotatable bonds is 3. The third-order valence-corrected chi connectivity index (χ3v) is 5.30. The summed E-state index contributed by atoms with van der Waals surface area (Å²) in [6.07, 6.45) is 8.60. The summed E-state index contributed by atoms with van der Waals surface area (Å²) in [5, 5.41) is 7.51. The molecule has 0 radical (unpaired) electrons. The second-order valence-electron chi connectivity index (χ2n) is 5.63. The lowest BCUT2D eigenvalue weighted by molar-refractivity contribution is 0.0935. The molecule has 0 aliphatic carbocycles. The highest BCUT2D eigenvalue weighted by molar-refractivity contribution is 7.16. The van der Waals surface area contributed by atoms with Crippen molar-refractivity contribution in [2.24, 2.45) is 0 Å². The van der Waals surface area contributed by atoms with Crippen molar-refractivity contribution in [2.45, 2.75) is 37.4 Å². The summed E-state index contributed by atoms with van der Waals surface area (Å²) in [6, 6.07) is 5.13. The highest BCUT2D eigenvalue weighted by atomic mass is 32.1. The molecule has 0 aromatic carbocycles. The number of pyridine rings is 1. The monoisotopic (exact) mass is 300 g/mol. The summed E-state index contributed by atoms with van der Waals surface area (Å²) in [6.45, 7) is 0. The number of nitrogens with zero attached hydrogens (tertiary/aromatic N) is 2. The molecule has 3 atom stereocenters. The van der Waals surface area contributed by atoms with Crippen LogP contribution in [0.2, 0.25) is 0 Å². The summed E-state index contributed by atoms with van der Waals surface area (Å²) < 4.78 is 0. The largest absolute Gasteiger partial charge is 0.347 e. The van der Waals surface area contributed by atoms with E-state index in [0.29, 0.717) is 17.0 Å². The van der Waals surface area contributed by atoms with Crippen LogP contribution in [0.1, 0.15) is 28.9 Å². The summed E-state index contributed by atoms with van der Waals surface area (Å²) in [4.78, 5) is 21.4. The summed E-state index contributed by atoms with van der Waals surface area (Å²) in [5.74, 6) is -0.0120. The molecule has 2 bridgehead atoms. The fraction of sp³-hybridized carbons (Fsp3) is 0.400. The van der Waals surface area contributed by atoms with Crippen molar-refractivity contribution < 1.29 is 4.79 Å². The SMILES string of the molecule is O=C(NC1CC2CCC1N2)c1cnc(-c2cccnc2)s1. The fourth-order valence-electron chi connectivity index (χ4n) is 3.23. The maximum absolute atomic E-state index is 12.3. The van der Waals surface area contributed by atoms with E-state index >= 15 is 0 Å². The minimum absolute atomic E-state index is 0.0120. The van der Waals surface area contributed by atoms with Crippen LogP contribution in [0.5, 0.6) is 0 Å². The predicted octanol–water partition coefficient (Wildman–Crippen LogP) is 1.83. The number of carbonyl (C=O) groups excluding carboxylic acids is 1. The Labute approximate surface area is 126 Å². The standard InChI is InChI=1S/C15H16N4OS/c20-14(19-12-6-10-3-4-11(12)18-10)13-8-17-15(21-13)9-2-1-5-16-7-9/h1-2,5,7-8,10-12,18H,3-4,6H2,(H,19,20). The first-order valence-corrected chi connectivity index (χ1v) is 8.04. The molecule has 108 valence electrons. The van der Waals surface area contributed by atoms with Crippen molar-refractivity contribution in [3.8, 4) is 10.6 Å². The van der Waals surface area contributed by atoms with Crippen LogP contribution in [0.4, 0.5) is 0 Å². The second kappa shape index (κ2) is 5.20. The molecule has 2 aliphatic heterocycles. The van der Waals surface area contributed by atoms with Crippen molar-refractivity contribution in [3.05, 3.63) is 35.6 Å². The van der Waals surface area contributed by atoms with Gasteiger partial charge in [-0.05, 0) is 31.4 Å². The summed E-state index contributed by atoms with van der Waals surface area (Å²) >= 11 is 1.41. The first-order valence-electron chi connectivity index (χ1n) is 7.23. The van der Waals surface area contributed by atoms with Gasteiger partial charge in [-0.1, -0.05) is 0 Å². The molecule has 2 aromatic rings. The van der Waals surface area contributed by atoms with Crippen LogP contribution in [0.15, 0.2) is 30.7 Å². The van der Waals surface area contributed by atoms with Gasteiger partial charge in [-0.3, -0.25) is 9.78 Å². The van der Waals surface area contributed by atoms with Gasteiger partial charge in [-0.25, -0.2) is 4.98 Å². The average Bonchev–Trinajstić information content (AvgIpc) is 3.24. The number of fused-ring (bicyclic) bond motifs is 2. The lowest BCUT2D eigenvalue weighted by Crippen LogP contribution is -2.42. The van der Waals surface area contributed by atoms with E-state index < -0.39 is 0 Å². The van der Waals surface area contributed by atoms with Gasteiger partial charge in [0.2, 0.25) is 0 Å². The Morgan fingerprint density at radius 3 is 3.05 bits per heavy atom. The van der Waals surface area contributed by atoms with Gasteiger partial charge in [-0.2, -0.15) is 0 Å². The molecule has 6 heteroatoms. The molecule has 1 amide bonds. The molecule has 2 saturated heterocycles. The molecule has 4 rings (SSSR count). The van der Waals surface area contributed by atoms with Crippen LogP contribution >= 0.6 is 11.3 Å². The van der Waals surface area contributed by atoms with Crippen molar-refractivity contribution in [3.63, 3.8) is 0 Å². The smallest absolute Gasteiger partial charge is 0.263 e. The van der Waals surface area contributed by atoms with Crippen LogP contribution in [-0.2, 0) is 0 Å². The van der Waals surface area contributed by atoms with E-state index in [2.05, 4.69) is 20.6 Å². The number of amides is 1. The van der Waals surface area contributed by atoms with Gasteiger partial charge in [0.1, 0.15) is 9.88 Å². The molecule has 2 fully saturated rings. The van der Waals surface area contributed by atoms with Gasteiger partial charge in [-0.15, -0.1) is 11.3 Å². The number of hydrogen-bond acceptors (Lipinski definition) is 5. The van der Waals surface area contributed by atoms with E-state index in [1.807, 2.05) is 12.1 Å². The van der Waals surface area contributed by atoms with Crippen molar-refractivity contribution >= 4 is 17.2 Å². The summed E-state index contributed by atoms with van der Waals surface area (Å²) in [7, 11) is 0. The molecule has 0 spiro atoms. The minimum Gasteiger partial charge on any atom is -0.347 e. The minimum atomic E-state index is -0.0120. The Morgan fingerprint density at radius 2 is 2.33 bits per heavy atom. The van der Waals surface area contributed by atoms with Crippen molar-refractivity contribution in [2.75, 3.05) is 0 Å². The number of hydrogen-bond donors (Lipinski definition) is 2. The Bertz CT molecular complexity index is 657. The van der Waals surface area contributed by atoms with Gasteiger partial charge in [0.15, 0.2) is 0 Å². The number of thiazole rings is 1. The van der Waals surface area contributed by atoms with E-state index in [9.17, 15) is 4.79 Å². The Morgan fingerprint density at radius 1 is 1.38 bits per heavy atom. The van der Waals surface area contributed by atoms with E-state index in [0.717, 1.165) is 17.0 Å². The number of aromatic nitrogens is 2. The highest BCUT2D eigenvalue weighted by Gasteiger charge is 2.39. The van der Waals surface area contributed by atoms with Gasteiger partial charge in [0.05, 0.1) is 6.20 Å². The van der Waals surface area contributed by atoms with E-state index in [1.165, 1.54) is 24.2 Å². The zero-order valence-electron chi connectivity index (χ0n) is 11.5. The van der Waals surface area contributed by atoms with E-state index in [4.69, 9.17) is 0 Å². The fourth-order valence-corrected chi connectivity index (χ4v) is 4.03. The van der Waals surface area contributed by atoms with Crippen molar-refractivity contribution in [1.29, 1.82) is 0 Å². The van der Waals surface area contributed by atoms with Crippen LogP contribution < -0.4 is 10.6 Å². The predicted molar refractivity (Wildman–Crippen MR) is 81.2 cm³/mol. The highest BCUT2D eigenvalue weighted by Crippen LogP contribution is 2.29. The Balaban J connectivity index is 1.47. The molecular weight excluding hydrogens is 284 g/mol. The maximum atomic E-state index is 12.3. The third-order valence-electron chi connectivity index (χ3n) is 4.25. The van der Waals surface area contributed by atoms with E-state index in [1.54, 1.807) is 18.6 Å². The Kier molecular flexibility index (Phi) is 3.20. The number of nitrogens with one attached hydrogen (secondary N) is 2. The zero-order chi connectivity index (χ0) is 14.2. The van der Waals surface area contributed by atoms with Gasteiger partial charge < -0.3 is 10.6 Å². The maximum Gasteiger partial charge on any atom is 0.263 e. The lowest BCUT2D eigenvalue weighted by atomic mass is 9.95. The quantitative estimate of drug-likeness (QED) is 0.907. The molecule has 0 saturated carbocycles. The van der Waals surface area contributed by atoms with Gasteiger partial charge in [0, 0.05) is 36.1 Å². The molecular formula is C15H16N4OS. The zero-order valence-corrected chi connectivity index (χ0v) is 12.3. The first kappa shape index (κ1) is 12.9. The molecule has 4 heterocycles. The van der Waals surface area contributed by atoms with Crippen LogP contribution in [0.3, 0.4) is 0 Å². The number of carbonyl (C=O) groups is 1. The Hall–Kier alpha value is -1.79. The lowest BCUT2D eigenvalue weighted by Gasteiger charge is -2.20. The topological polar surface area (TPSA) is 66.9 Å². The van der Waals surface area contributed by atoms with Gasteiger partial charge in [0.25, 0.3) is 5.91 Å². The molecule has 2 N–H and O–H groups in total. The third kappa shape index (κ3) is 2.45. The molecule has 3 unspecified atom stereocenters. The molecule has 2 aromatic heterocycles. The van der Waals surface area contributed by atoms with Gasteiger partial charge >= 0.3 is 0 Å². The molecule has 21 heavy (non-hydrogen) atoms. The normalized spacial score (nSPS) is 27.0. The first-order chi connectivity index (χ1) is 10.3. The van der Waals surface area contributed by atoms with Crippen molar-refractivity contribution in [1.82, 2.24) is 20.6 Å². The molecule has 5 nitrogen and oxygen atoms in total. The second-order valence-corrected chi connectivity index (χ2v) is 6.67. The average molecular weight is 300 g/mol. The van der Waals surface area contributed by atoms with E-state index in [-0.39, 0.29) is 11.9 Å². The van der Waals surface area contributed by atoms with Crippen LogP contribution in [0.25, 0.3) is 10.6 Å². The van der Waals surface area contributed by atoms with Crippen LogP contribution in [-0.4, -0.2) is 34.0 Å². The summed E-state index contributed by atoms with van der Waals surface area (Å²) in [5.41, 5.74) is 0.947. The van der Waals surface area contributed by atoms with Crippen LogP contribution in [0, 0.1) is 0 Å².